The van der Waals surface area contributed by atoms with Crippen LogP contribution in [0.4, 0.5) is 4.39 Å². The number of nitrogens with zero attached hydrogens (tertiary/aromatic N) is 3. The van der Waals surface area contributed by atoms with Gasteiger partial charge in [0, 0.05) is 0 Å². The van der Waals surface area contributed by atoms with Crippen molar-refractivity contribution in [1.82, 2.24) is 14.8 Å². The molecule has 100 valence electrons. The van der Waals surface area contributed by atoms with Gasteiger partial charge in [-0.25, -0.2) is 9.18 Å². The van der Waals surface area contributed by atoms with Crippen molar-refractivity contribution >= 4 is 5.97 Å². The number of aromatic carboxylic acids is 1. The highest BCUT2D eigenvalue weighted by atomic mass is 19.1. The molecule has 0 atom stereocenters. The maximum atomic E-state index is 13.1. The summed E-state index contributed by atoms with van der Waals surface area (Å²) in [6, 6.07) is 3.14. The molecule has 0 saturated carbocycles. The molecule has 2 rings (SSSR count). The summed E-state index contributed by atoms with van der Waals surface area (Å²) in [5, 5.41) is 34.6. The second-order valence-electron chi connectivity index (χ2n) is 3.65. The highest BCUT2D eigenvalue weighted by molar-refractivity contribution is 5.92. The molecule has 1 heterocycles. The first-order valence-electron chi connectivity index (χ1n) is 5.26. The van der Waals surface area contributed by atoms with Crippen LogP contribution in [0.15, 0.2) is 18.2 Å². The average Bonchev–Trinajstić information content (AvgIpc) is 2.81. The average molecular weight is 267 g/mol. The topological polar surface area (TPSA) is 108 Å². The Morgan fingerprint density at radius 2 is 1.79 bits per heavy atom. The number of halogens is 1. The van der Waals surface area contributed by atoms with Crippen molar-refractivity contribution in [2.24, 2.45) is 0 Å². The van der Waals surface area contributed by atoms with Crippen molar-refractivity contribution in [2.45, 2.75) is 13.2 Å². The van der Waals surface area contributed by atoms with Crippen LogP contribution in [0.2, 0.25) is 0 Å². The molecule has 0 saturated heterocycles. The molecule has 2 aromatic rings. The molecule has 19 heavy (non-hydrogen) atoms. The molecule has 3 N–H and O–H groups in total. The fraction of sp³-hybridized carbons (Fsp3) is 0.182. The number of hydrogen-bond acceptors (Lipinski definition) is 5. The van der Waals surface area contributed by atoms with E-state index in [1.54, 1.807) is 0 Å². The number of carbonyl (C=O) groups is 1. The monoisotopic (exact) mass is 267 g/mol. The minimum Gasteiger partial charge on any atom is -0.478 e. The summed E-state index contributed by atoms with van der Waals surface area (Å²) in [6.45, 7) is -0.993. The molecule has 1 aromatic carbocycles. The fourth-order valence-electron chi connectivity index (χ4n) is 1.71. The van der Waals surface area contributed by atoms with Gasteiger partial charge in [0.2, 0.25) is 0 Å². The summed E-state index contributed by atoms with van der Waals surface area (Å²) >= 11 is 0. The summed E-state index contributed by atoms with van der Waals surface area (Å²) in [6.07, 6.45) is 0. The van der Waals surface area contributed by atoms with Gasteiger partial charge in [0.15, 0.2) is 11.6 Å². The Hall–Kier alpha value is -2.32. The normalized spacial score (nSPS) is 10.7. The number of benzene rings is 1. The highest BCUT2D eigenvalue weighted by Crippen LogP contribution is 2.20. The predicted octanol–water partition coefficient (Wildman–Crippen LogP) is 0.0892. The summed E-state index contributed by atoms with van der Waals surface area (Å²) in [5.74, 6) is -1.93. The SMILES string of the molecule is O=C(O)c1cc(F)ccc1-n1c(CO)nnc1CO. The second-order valence-corrected chi connectivity index (χ2v) is 3.65. The Kier molecular flexibility index (Phi) is 3.54. The molecule has 8 heteroatoms. The van der Waals surface area contributed by atoms with E-state index in [0.29, 0.717) is 0 Å². The van der Waals surface area contributed by atoms with E-state index in [0.717, 1.165) is 12.1 Å². The minimum absolute atomic E-state index is 0.0539. The van der Waals surface area contributed by atoms with Crippen LogP contribution >= 0.6 is 0 Å². The van der Waals surface area contributed by atoms with Crippen LogP contribution in [0.1, 0.15) is 22.0 Å². The molecule has 7 nitrogen and oxygen atoms in total. The van der Waals surface area contributed by atoms with E-state index in [9.17, 15) is 9.18 Å². The van der Waals surface area contributed by atoms with Crippen molar-refractivity contribution < 1.29 is 24.5 Å². The van der Waals surface area contributed by atoms with Gasteiger partial charge >= 0.3 is 5.97 Å². The number of rotatable bonds is 4. The first-order valence-corrected chi connectivity index (χ1v) is 5.26. The molecule has 0 amide bonds. The van der Waals surface area contributed by atoms with Gasteiger partial charge in [0.25, 0.3) is 0 Å². The first kappa shape index (κ1) is 13.1. The first-order chi connectivity index (χ1) is 9.08. The summed E-state index contributed by atoms with van der Waals surface area (Å²) in [7, 11) is 0. The van der Waals surface area contributed by atoms with Gasteiger partial charge in [0.05, 0.1) is 11.3 Å². The standard InChI is InChI=1S/C11H10FN3O4/c12-6-1-2-8(7(3-6)11(18)19)15-9(4-16)13-14-10(15)5-17/h1-3,16-17H,4-5H2,(H,18,19). The fourth-order valence-corrected chi connectivity index (χ4v) is 1.71. The lowest BCUT2D eigenvalue weighted by atomic mass is 10.1. The number of hydrogen-bond donors (Lipinski definition) is 3. The van der Waals surface area contributed by atoms with Crippen molar-refractivity contribution in [3.63, 3.8) is 0 Å². The molecule has 1 aromatic heterocycles. The van der Waals surface area contributed by atoms with E-state index in [-0.39, 0.29) is 22.9 Å². The quantitative estimate of drug-likeness (QED) is 0.724. The zero-order chi connectivity index (χ0) is 14.0. The molecule has 0 radical (unpaired) electrons. The van der Waals surface area contributed by atoms with Gasteiger partial charge in [-0.05, 0) is 18.2 Å². The lowest BCUT2D eigenvalue weighted by molar-refractivity contribution is 0.0696. The summed E-state index contributed by atoms with van der Waals surface area (Å²) in [4.78, 5) is 11.1. The Balaban J connectivity index is 2.71. The molecule has 0 unspecified atom stereocenters. The lowest BCUT2D eigenvalue weighted by Gasteiger charge is -2.11. The number of aromatic nitrogens is 3. The van der Waals surface area contributed by atoms with Gasteiger partial charge in [-0.1, -0.05) is 0 Å². The van der Waals surface area contributed by atoms with Gasteiger partial charge in [-0.3, -0.25) is 4.57 Å². The van der Waals surface area contributed by atoms with E-state index < -0.39 is 25.0 Å². The van der Waals surface area contributed by atoms with Gasteiger partial charge in [-0.15, -0.1) is 10.2 Å². The highest BCUT2D eigenvalue weighted by Gasteiger charge is 2.19. The molecule has 0 fully saturated rings. The summed E-state index contributed by atoms with van der Waals surface area (Å²) in [5.41, 5.74) is -0.240. The number of aliphatic hydroxyl groups is 2. The molecule has 0 bridgehead atoms. The van der Waals surface area contributed by atoms with Crippen LogP contribution in [-0.2, 0) is 13.2 Å². The van der Waals surface area contributed by atoms with E-state index >= 15 is 0 Å². The zero-order valence-corrected chi connectivity index (χ0v) is 9.62. The van der Waals surface area contributed by atoms with Gasteiger partial charge in [-0.2, -0.15) is 0 Å². The molecule has 0 aliphatic rings. The van der Waals surface area contributed by atoms with Gasteiger partial charge in [0.1, 0.15) is 19.0 Å². The zero-order valence-electron chi connectivity index (χ0n) is 9.62. The van der Waals surface area contributed by atoms with Crippen molar-refractivity contribution in [2.75, 3.05) is 0 Å². The Labute approximate surface area is 106 Å². The third-order valence-electron chi connectivity index (χ3n) is 2.51. The maximum Gasteiger partial charge on any atom is 0.337 e. The van der Waals surface area contributed by atoms with E-state index in [4.69, 9.17) is 15.3 Å². The van der Waals surface area contributed by atoms with E-state index in [1.165, 1.54) is 10.6 Å². The predicted molar refractivity (Wildman–Crippen MR) is 60.1 cm³/mol. The Morgan fingerprint density at radius 3 is 2.26 bits per heavy atom. The van der Waals surface area contributed by atoms with Crippen molar-refractivity contribution in [3.8, 4) is 5.69 Å². The minimum atomic E-state index is -1.34. The Bertz CT molecular complexity index is 605. The third-order valence-corrected chi connectivity index (χ3v) is 2.51. The van der Waals surface area contributed by atoms with E-state index in [1.807, 2.05) is 0 Å². The van der Waals surface area contributed by atoms with Crippen LogP contribution in [0.25, 0.3) is 5.69 Å². The van der Waals surface area contributed by atoms with Crippen molar-refractivity contribution in [1.29, 1.82) is 0 Å². The number of carboxylic acids is 1. The second kappa shape index (κ2) is 5.12. The largest absolute Gasteiger partial charge is 0.478 e. The number of aliphatic hydroxyl groups excluding tert-OH is 2. The van der Waals surface area contributed by atoms with Crippen LogP contribution < -0.4 is 0 Å². The molecular weight excluding hydrogens is 257 g/mol. The third kappa shape index (κ3) is 2.30. The molecular formula is C11H10FN3O4. The van der Waals surface area contributed by atoms with Gasteiger partial charge < -0.3 is 15.3 Å². The van der Waals surface area contributed by atoms with Crippen LogP contribution in [0.3, 0.4) is 0 Å². The summed E-state index contributed by atoms with van der Waals surface area (Å²) < 4.78 is 14.3. The van der Waals surface area contributed by atoms with Crippen LogP contribution in [0.5, 0.6) is 0 Å². The number of carboxylic acid groups (broad SMARTS) is 1. The van der Waals surface area contributed by atoms with Crippen LogP contribution in [0, 0.1) is 5.82 Å². The molecule has 0 aliphatic carbocycles. The smallest absolute Gasteiger partial charge is 0.337 e. The van der Waals surface area contributed by atoms with E-state index in [2.05, 4.69) is 10.2 Å². The lowest BCUT2D eigenvalue weighted by Crippen LogP contribution is -2.11. The Morgan fingerprint density at radius 1 is 1.21 bits per heavy atom. The molecule has 0 aliphatic heterocycles. The van der Waals surface area contributed by atoms with Crippen LogP contribution in [-0.4, -0.2) is 36.1 Å². The van der Waals surface area contributed by atoms with Crippen molar-refractivity contribution in [3.05, 3.63) is 41.2 Å². The molecule has 0 spiro atoms. The maximum absolute atomic E-state index is 13.1.